The van der Waals surface area contributed by atoms with E-state index < -0.39 is 16.7 Å². The Kier molecular flexibility index (Phi) is 5.02. The van der Waals surface area contributed by atoms with Gasteiger partial charge in [0.05, 0.1) is 29.5 Å². The van der Waals surface area contributed by atoms with E-state index in [-0.39, 0.29) is 17.1 Å². The number of nitrogens with one attached hydrogen (secondary N) is 1. The highest BCUT2D eigenvalue weighted by Crippen LogP contribution is 2.30. The van der Waals surface area contributed by atoms with Crippen LogP contribution in [0.1, 0.15) is 11.1 Å². The molecule has 0 radical (unpaired) electrons. The van der Waals surface area contributed by atoms with Crippen LogP contribution in [0.5, 0.6) is 5.75 Å². The average molecular weight is 339 g/mol. The first-order valence-corrected chi connectivity index (χ1v) is 6.60. The molecule has 126 valence electrons. The number of hydrazone groups is 1. The topological polar surface area (TPSA) is 76.8 Å². The van der Waals surface area contributed by atoms with Crippen molar-refractivity contribution in [3.63, 3.8) is 0 Å². The molecule has 2 rings (SSSR count). The third kappa shape index (κ3) is 4.22. The van der Waals surface area contributed by atoms with Crippen molar-refractivity contribution in [2.45, 2.75) is 6.18 Å². The molecule has 0 aliphatic rings. The highest BCUT2D eigenvalue weighted by molar-refractivity contribution is 5.82. The van der Waals surface area contributed by atoms with E-state index >= 15 is 0 Å². The van der Waals surface area contributed by atoms with Gasteiger partial charge in [-0.1, -0.05) is 6.07 Å². The van der Waals surface area contributed by atoms with E-state index in [1.54, 1.807) is 0 Å². The Bertz CT molecular complexity index is 776. The molecule has 2 aromatic rings. The lowest BCUT2D eigenvalue weighted by Crippen LogP contribution is -2.05. The number of halogens is 3. The van der Waals surface area contributed by atoms with Crippen LogP contribution in [0.2, 0.25) is 0 Å². The van der Waals surface area contributed by atoms with Gasteiger partial charge in [0.1, 0.15) is 0 Å². The van der Waals surface area contributed by atoms with E-state index in [9.17, 15) is 23.3 Å². The van der Waals surface area contributed by atoms with Crippen molar-refractivity contribution in [1.29, 1.82) is 0 Å². The quantitative estimate of drug-likeness (QED) is 0.506. The van der Waals surface area contributed by atoms with E-state index in [0.717, 1.165) is 12.1 Å². The number of nitrogens with zero attached hydrogens (tertiary/aromatic N) is 2. The maximum Gasteiger partial charge on any atom is 0.416 e. The standard InChI is InChI=1S/C15H12F3N3O3/c1-24-14-6-5-10(7-13(14)21(22)23)9-19-20-12-4-2-3-11(8-12)15(16,17)18/h2-9,20H,1H3. The largest absolute Gasteiger partial charge is 0.490 e. The van der Waals surface area contributed by atoms with E-state index in [2.05, 4.69) is 10.5 Å². The van der Waals surface area contributed by atoms with Crippen molar-refractivity contribution >= 4 is 17.6 Å². The zero-order chi connectivity index (χ0) is 17.7. The fraction of sp³-hybridized carbons (Fsp3) is 0.133. The first kappa shape index (κ1) is 17.3. The van der Waals surface area contributed by atoms with Crippen molar-refractivity contribution < 1.29 is 22.8 Å². The Balaban J connectivity index is 2.15. The van der Waals surface area contributed by atoms with Crippen LogP contribution in [-0.4, -0.2) is 18.2 Å². The summed E-state index contributed by atoms with van der Waals surface area (Å²) in [6.45, 7) is 0. The molecule has 0 unspecified atom stereocenters. The van der Waals surface area contributed by atoms with Crippen molar-refractivity contribution in [1.82, 2.24) is 0 Å². The summed E-state index contributed by atoms with van der Waals surface area (Å²) in [4.78, 5) is 10.3. The number of nitro groups is 1. The molecule has 0 spiro atoms. The van der Waals surface area contributed by atoms with Crippen LogP contribution in [0, 0.1) is 10.1 Å². The Hall–Kier alpha value is -3.10. The molecule has 0 aliphatic carbocycles. The zero-order valence-corrected chi connectivity index (χ0v) is 12.4. The second kappa shape index (κ2) is 6.99. The van der Waals surface area contributed by atoms with E-state index in [1.165, 1.54) is 43.7 Å². The second-order valence-electron chi connectivity index (χ2n) is 4.64. The maximum absolute atomic E-state index is 12.6. The van der Waals surface area contributed by atoms with E-state index in [0.29, 0.717) is 5.56 Å². The predicted octanol–water partition coefficient (Wildman–Crippen LogP) is 4.07. The van der Waals surface area contributed by atoms with Gasteiger partial charge in [-0.3, -0.25) is 15.5 Å². The molecule has 0 heterocycles. The molecule has 2 aromatic carbocycles. The maximum atomic E-state index is 12.6. The molecule has 0 saturated heterocycles. The fourth-order valence-corrected chi connectivity index (χ4v) is 1.88. The average Bonchev–Trinajstić information content (AvgIpc) is 2.54. The Morgan fingerprint density at radius 3 is 2.62 bits per heavy atom. The minimum absolute atomic E-state index is 0.1000. The van der Waals surface area contributed by atoms with Crippen LogP contribution in [0.4, 0.5) is 24.5 Å². The molecule has 24 heavy (non-hydrogen) atoms. The third-order valence-corrected chi connectivity index (χ3v) is 3.00. The van der Waals surface area contributed by atoms with Gasteiger partial charge in [-0.25, -0.2) is 0 Å². The van der Waals surface area contributed by atoms with Crippen LogP contribution in [0.3, 0.4) is 0 Å². The van der Waals surface area contributed by atoms with Crippen LogP contribution >= 0.6 is 0 Å². The molecule has 0 aliphatic heterocycles. The number of hydrogen-bond donors (Lipinski definition) is 1. The predicted molar refractivity (Wildman–Crippen MR) is 82.3 cm³/mol. The van der Waals surface area contributed by atoms with E-state index in [1.807, 2.05) is 0 Å². The Morgan fingerprint density at radius 2 is 2.00 bits per heavy atom. The number of nitro benzene ring substituents is 1. The van der Waals surface area contributed by atoms with Crippen molar-refractivity contribution in [2.75, 3.05) is 12.5 Å². The van der Waals surface area contributed by atoms with Gasteiger partial charge in [-0.05, 0) is 30.3 Å². The minimum Gasteiger partial charge on any atom is -0.490 e. The van der Waals surface area contributed by atoms with Gasteiger partial charge in [0.2, 0.25) is 0 Å². The van der Waals surface area contributed by atoms with Gasteiger partial charge in [-0.15, -0.1) is 0 Å². The number of methoxy groups -OCH3 is 1. The van der Waals surface area contributed by atoms with Gasteiger partial charge in [0.15, 0.2) is 5.75 Å². The molecule has 6 nitrogen and oxygen atoms in total. The monoisotopic (exact) mass is 339 g/mol. The van der Waals surface area contributed by atoms with Gasteiger partial charge in [0, 0.05) is 11.6 Å². The Labute approximate surface area is 134 Å². The van der Waals surface area contributed by atoms with Crippen LogP contribution in [0.25, 0.3) is 0 Å². The number of anilines is 1. The van der Waals surface area contributed by atoms with Gasteiger partial charge < -0.3 is 4.74 Å². The first-order chi connectivity index (χ1) is 11.3. The summed E-state index contributed by atoms with van der Waals surface area (Å²) in [5.41, 5.74) is 1.95. The van der Waals surface area contributed by atoms with Gasteiger partial charge in [0.25, 0.3) is 0 Å². The molecule has 9 heteroatoms. The zero-order valence-electron chi connectivity index (χ0n) is 12.4. The highest BCUT2D eigenvalue weighted by Gasteiger charge is 2.30. The normalized spacial score (nSPS) is 11.5. The summed E-state index contributed by atoms with van der Waals surface area (Å²) in [6, 6.07) is 8.71. The summed E-state index contributed by atoms with van der Waals surface area (Å²) in [6.07, 6.45) is -3.19. The van der Waals surface area contributed by atoms with Crippen LogP contribution in [0.15, 0.2) is 47.6 Å². The number of rotatable bonds is 5. The Morgan fingerprint density at radius 1 is 1.25 bits per heavy atom. The molecular formula is C15H12F3N3O3. The van der Waals surface area contributed by atoms with Crippen LogP contribution < -0.4 is 10.2 Å². The lowest BCUT2D eigenvalue weighted by molar-refractivity contribution is -0.385. The molecule has 0 atom stereocenters. The molecule has 0 saturated carbocycles. The summed E-state index contributed by atoms with van der Waals surface area (Å²) in [5.74, 6) is 0.1000. The highest BCUT2D eigenvalue weighted by atomic mass is 19.4. The van der Waals surface area contributed by atoms with Crippen molar-refractivity contribution in [3.8, 4) is 5.75 Å². The van der Waals surface area contributed by atoms with Crippen molar-refractivity contribution in [2.24, 2.45) is 5.10 Å². The van der Waals surface area contributed by atoms with E-state index in [4.69, 9.17) is 4.74 Å². The summed E-state index contributed by atoms with van der Waals surface area (Å²) < 4.78 is 42.7. The summed E-state index contributed by atoms with van der Waals surface area (Å²) in [7, 11) is 1.31. The second-order valence-corrected chi connectivity index (χ2v) is 4.64. The number of hydrogen-bond acceptors (Lipinski definition) is 5. The van der Waals surface area contributed by atoms with Gasteiger partial charge in [-0.2, -0.15) is 18.3 Å². The lowest BCUT2D eigenvalue weighted by Gasteiger charge is -2.08. The first-order valence-electron chi connectivity index (χ1n) is 6.60. The number of benzene rings is 2. The molecule has 0 amide bonds. The number of alkyl halides is 3. The molecular weight excluding hydrogens is 327 g/mol. The third-order valence-electron chi connectivity index (χ3n) is 3.00. The number of ether oxygens (including phenoxy) is 1. The minimum atomic E-state index is -4.45. The lowest BCUT2D eigenvalue weighted by atomic mass is 10.2. The molecule has 0 bridgehead atoms. The smallest absolute Gasteiger partial charge is 0.416 e. The van der Waals surface area contributed by atoms with Gasteiger partial charge >= 0.3 is 11.9 Å². The SMILES string of the molecule is COc1ccc(C=NNc2cccc(C(F)(F)F)c2)cc1[N+](=O)[O-]. The summed E-state index contributed by atoms with van der Waals surface area (Å²) >= 11 is 0. The molecule has 0 aromatic heterocycles. The van der Waals surface area contributed by atoms with Crippen molar-refractivity contribution in [3.05, 3.63) is 63.7 Å². The fourth-order valence-electron chi connectivity index (χ4n) is 1.88. The molecule has 0 fully saturated rings. The van der Waals surface area contributed by atoms with Crippen LogP contribution in [-0.2, 0) is 6.18 Å². The summed E-state index contributed by atoms with van der Waals surface area (Å²) in [5, 5.41) is 14.7. The molecule has 1 N–H and O–H groups in total.